The maximum absolute atomic E-state index is 14.7. The number of fused-ring (bicyclic) bond motifs is 3. The number of carbonyl (C=O) groups is 1. The average molecular weight is 394 g/mol. The number of hydrogen-bond donors (Lipinski definition) is 3. The molecule has 29 heavy (non-hydrogen) atoms. The highest BCUT2D eigenvalue weighted by Gasteiger charge is 2.42. The Kier molecular flexibility index (Phi) is 4.52. The van der Waals surface area contributed by atoms with Crippen molar-refractivity contribution in [3.8, 4) is 11.3 Å². The van der Waals surface area contributed by atoms with E-state index in [0.717, 1.165) is 19.3 Å². The van der Waals surface area contributed by atoms with Crippen molar-refractivity contribution in [3.63, 3.8) is 0 Å². The maximum atomic E-state index is 14.7. The second-order valence-electron chi connectivity index (χ2n) is 7.98. The molecule has 3 heterocycles. The number of nitrogens with two attached hydrogens (primary N) is 1. The number of nitrogens with zero attached hydrogens (tertiary/aromatic N) is 3. The van der Waals surface area contributed by atoms with E-state index in [1.54, 1.807) is 29.0 Å². The van der Waals surface area contributed by atoms with Crippen molar-refractivity contribution in [1.29, 1.82) is 0 Å². The molecular formula is C21H23FN6O. The molecule has 7 nitrogen and oxygen atoms in total. The molecule has 2 aliphatic rings. The van der Waals surface area contributed by atoms with Gasteiger partial charge in [-0.2, -0.15) is 5.10 Å². The molecule has 150 valence electrons. The van der Waals surface area contributed by atoms with Crippen molar-refractivity contribution < 1.29 is 9.18 Å². The molecule has 3 aromatic rings. The van der Waals surface area contributed by atoms with Gasteiger partial charge in [-0.1, -0.05) is 12.1 Å². The lowest BCUT2D eigenvalue weighted by Crippen LogP contribution is -2.53. The third-order valence-electron chi connectivity index (χ3n) is 6.04. The Morgan fingerprint density at radius 2 is 2.28 bits per heavy atom. The van der Waals surface area contributed by atoms with Crippen LogP contribution < -0.4 is 16.4 Å². The zero-order chi connectivity index (χ0) is 20.0. The lowest BCUT2D eigenvalue weighted by molar-refractivity contribution is -0.124. The minimum Gasteiger partial charge on any atom is -0.339 e. The Hall–Kier alpha value is -2.84. The predicted molar refractivity (Wildman–Crippen MR) is 106 cm³/mol. The van der Waals surface area contributed by atoms with Gasteiger partial charge in [0.15, 0.2) is 5.65 Å². The fraction of sp³-hybridized carbons (Fsp3) is 0.381. The number of halogens is 1. The van der Waals surface area contributed by atoms with Crippen LogP contribution in [0.3, 0.4) is 0 Å². The molecule has 1 aromatic carbocycles. The minimum atomic E-state index is -0.638. The van der Waals surface area contributed by atoms with Crippen molar-refractivity contribution in [2.45, 2.75) is 43.9 Å². The molecule has 4 unspecified atom stereocenters. The van der Waals surface area contributed by atoms with Crippen LogP contribution in [0.4, 0.5) is 4.39 Å². The van der Waals surface area contributed by atoms with Crippen LogP contribution in [0.5, 0.6) is 0 Å². The van der Waals surface area contributed by atoms with Crippen molar-refractivity contribution in [3.05, 3.63) is 54.1 Å². The average Bonchev–Trinajstić information content (AvgIpc) is 3.44. The number of nitrogens with one attached hydrogen (secondary N) is 2. The first kappa shape index (κ1) is 18.2. The Morgan fingerprint density at radius 3 is 3.03 bits per heavy atom. The van der Waals surface area contributed by atoms with Gasteiger partial charge < -0.3 is 16.4 Å². The Morgan fingerprint density at radius 1 is 1.38 bits per heavy atom. The molecule has 5 rings (SSSR count). The lowest BCUT2D eigenvalue weighted by atomic mass is 9.99. The summed E-state index contributed by atoms with van der Waals surface area (Å²) >= 11 is 0. The van der Waals surface area contributed by atoms with Gasteiger partial charge >= 0.3 is 0 Å². The van der Waals surface area contributed by atoms with E-state index in [9.17, 15) is 9.18 Å². The zero-order valence-electron chi connectivity index (χ0n) is 15.9. The molecule has 4 atom stereocenters. The van der Waals surface area contributed by atoms with Crippen molar-refractivity contribution in [1.82, 2.24) is 25.2 Å². The second kappa shape index (κ2) is 7.20. The third kappa shape index (κ3) is 3.38. The van der Waals surface area contributed by atoms with E-state index in [1.165, 1.54) is 6.07 Å². The molecule has 2 bridgehead atoms. The standard InChI is InChI=1S/C21H23FN6O/c22-16-9-13(17-11-24-19-2-1-7-25-28(17)19)4-3-12(16)10-18(23)27-21(29)20-14-5-6-15(8-14)26-20/h1-4,7,9,11,14-15,18,20,26H,5-6,8,10,23H2,(H,27,29). The summed E-state index contributed by atoms with van der Waals surface area (Å²) in [6, 6.07) is 8.91. The van der Waals surface area contributed by atoms with Gasteiger partial charge in [-0.15, -0.1) is 0 Å². The summed E-state index contributed by atoms with van der Waals surface area (Å²) in [5, 5.41) is 10.4. The van der Waals surface area contributed by atoms with Gasteiger partial charge in [-0.25, -0.2) is 13.9 Å². The van der Waals surface area contributed by atoms with Crippen LogP contribution in [0.15, 0.2) is 42.7 Å². The van der Waals surface area contributed by atoms with Gasteiger partial charge in [-0.05, 0) is 48.9 Å². The molecule has 4 N–H and O–H groups in total. The van der Waals surface area contributed by atoms with E-state index < -0.39 is 6.17 Å². The van der Waals surface area contributed by atoms with Gasteiger partial charge in [-0.3, -0.25) is 4.79 Å². The second-order valence-corrected chi connectivity index (χ2v) is 7.98. The van der Waals surface area contributed by atoms with Gasteiger partial charge in [0.05, 0.1) is 24.1 Å². The number of imidazole rings is 1. The number of amides is 1. The summed E-state index contributed by atoms with van der Waals surface area (Å²) < 4.78 is 16.4. The summed E-state index contributed by atoms with van der Waals surface area (Å²) in [6.07, 6.45) is 6.20. The van der Waals surface area contributed by atoms with Crippen LogP contribution in [0.1, 0.15) is 24.8 Å². The molecule has 1 saturated heterocycles. The van der Waals surface area contributed by atoms with Crippen LogP contribution in [0.2, 0.25) is 0 Å². The van der Waals surface area contributed by atoms with Crippen LogP contribution in [0, 0.1) is 11.7 Å². The van der Waals surface area contributed by atoms with Crippen LogP contribution in [-0.2, 0) is 11.2 Å². The van der Waals surface area contributed by atoms with Gasteiger partial charge in [0.2, 0.25) is 5.91 Å². The van der Waals surface area contributed by atoms with Crippen molar-refractivity contribution >= 4 is 11.6 Å². The van der Waals surface area contributed by atoms with Gasteiger partial charge in [0, 0.05) is 24.2 Å². The van der Waals surface area contributed by atoms with Gasteiger partial charge in [0.25, 0.3) is 0 Å². The summed E-state index contributed by atoms with van der Waals surface area (Å²) in [4.78, 5) is 16.8. The molecule has 8 heteroatoms. The monoisotopic (exact) mass is 394 g/mol. The van der Waals surface area contributed by atoms with Crippen molar-refractivity contribution in [2.24, 2.45) is 11.7 Å². The first-order valence-corrected chi connectivity index (χ1v) is 9.98. The number of piperidine rings is 1. The Balaban J connectivity index is 1.27. The quantitative estimate of drug-likeness (QED) is 0.572. The zero-order valence-corrected chi connectivity index (χ0v) is 15.9. The number of benzene rings is 1. The maximum Gasteiger partial charge on any atom is 0.238 e. The molecule has 0 radical (unpaired) electrons. The molecular weight excluding hydrogens is 371 g/mol. The smallest absolute Gasteiger partial charge is 0.238 e. The highest BCUT2D eigenvalue weighted by atomic mass is 19.1. The highest BCUT2D eigenvalue weighted by Crippen LogP contribution is 2.35. The van der Waals surface area contributed by atoms with E-state index >= 15 is 0 Å². The predicted octanol–water partition coefficient (Wildman–Crippen LogP) is 1.62. The summed E-state index contributed by atoms with van der Waals surface area (Å²) in [6.45, 7) is 0. The first-order valence-electron chi connectivity index (χ1n) is 9.98. The molecule has 1 amide bonds. The molecule has 2 fully saturated rings. The van der Waals surface area contributed by atoms with Crippen molar-refractivity contribution in [2.75, 3.05) is 0 Å². The Bertz CT molecular complexity index is 1070. The van der Waals surface area contributed by atoms with E-state index in [0.29, 0.717) is 34.4 Å². The van der Waals surface area contributed by atoms with E-state index in [2.05, 4.69) is 20.7 Å². The number of carbonyl (C=O) groups excluding carboxylic acids is 1. The number of rotatable bonds is 5. The summed E-state index contributed by atoms with van der Waals surface area (Å²) in [5.74, 6) is -0.0584. The molecule has 0 spiro atoms. The van der Waals surface area contributed by atoms with E-state index in [-0.39, 0.29) is 24.2 Å². The molecule has 1 saturated carbocycles. The van der Waals surface area contributed by atoms with Crippen LogP contribution >= 0.6 is 0 Å². The van der Waals surface area contributed by atoms with Crippen LogP contribution in [-0.4, -0.2) is 38.8 Å². The molecule has 1 aliphatic carbocycles. The largest absolute Gasteiger partial charge is 0.339 e. The Labute approximate surface area is 167 Å². The fourth-order valence-electron chi connectivity index (χ4n) is 4.61. The normalized spacial score (nSPS) is 24.1. The topological polar surface area (TPSA) is 97.3 Å². The number of hydrogen-bond acceptors (Lipinski definition) is 5. The third-order valence-corrected chi connectivity index (χ3v) is 6.04. The summed E-state index contributed by atoms with van der Waals surface area (Å²) in [5.41, 5.74) is 8.66. The molecule has 2 aromatic heterocycles. The minimum absolute atomic E-state index is 0.0847. The SMILES string of the molecule is NC(Cc1ccc(-c2cnc3cccnn23)cc1F)NC(=O)C1NC2CCC1C2. The van der Waals surface area contributed by atoms with Gasteiger partial charge in [0.1, 0.15) is 5.82 Å². The number of aromatic nitrogens is 3. The fourth-order valence-corrected chi connectivity index (χ4v) is 4.61. The highest BCUT2D eigenvalue weighted by molar-refractivity contribution is 5.83. The van der Waals surface area contributed by atoms with E-state index in [1.807, 2.05) is 12.1 Å². The lowest BCUT2D eigenvalue weighted by Gasteiger charge is -2.24. The molecule has 1 aliphatic heterocycles. The first-order chi connectivity index (χ1) is 14.1. The van der Waals surface area contributed by atoms with Crippen LogP contribution in [0.25, 0.3) is 16.9 Å². The summed E-state index contributed by atoms with van der Waals surface area (Å²) in [7, 11) is 0. The van der Waals surface area contributed by atoms with E-state index in [4.69, 9.17) is 5.73 Å².